The number of piperidine rings is 3. The number of amides is 3. The Labute approximate surface area is 471 Å². The lowest BCUT2D eigenvalue weighted by Crippen LogP contribution is -2.41. The molecule has 3 fully saturated rings. The van der Waals surface area contributed by atoms with Crippen molar-refractivity contribution in [2.24, 2.45) is 5.73 Å². The number of carboxylic acids is 2. The molecule has 0 aliphatic carbocycles. The van der Waals surface area contributed by atoms with Gasteiger partial charge in [0.2, 0.25) is 17.7 Å². The molecule has 4 aromatic rings. The zero-order chi connectivity index (χ0) is 56.8. The summed E-state index contributed by atoms with van der Waals surface area (Å²) in [6.07, 6.45) is 5.51. The van der Waals surface area contributed by atoms with Gasteiger partial charge in [-0.1, -0.05) is 63.6 Å². The Morgan fingerprint density at radius 1 is 0.494 bits per heavy atom. The van der Waals surface area contributed by atoms with Gasteiger partial charge in [-0.25, -0.2) is 19.2 Å². The lowest BCUT2D eigenvalue weighted by Gasteiger charge is -2.32. The molecular weight excluding hydrogens is 1120 g/mol. The number of aromatic carboxylic acids is 2. The van der Waals surface area contributed by atoms with E-state index in [1.165, 1.54) is 0 Å². The van der Waals surface area contributed by atoms with Gasteiger partial charge in [-0.05, 0) is 153 Å². The largest absolute Gasteiger partial charge is 0.478 e. The van der Waals surface area contributed by atoms with Crippen LogP contribution in [0.3, 0.4) is 0 Å². The van der Waals surface area contributed by atoms with Crippen LogP contribution in [0.5, 0.6) is 0 Å². The highest BCUT2D eigenvalue weighted by molar-refractivity contribution is 9.10. The van der Waals surface area contributed by atoms with E-state index in [9.17, 15) is 33.6 Å². The molecular formula is C58H80Br2N6O11. The van der Waals surface area contributed by atoms with E-state index in [-0.39, 0.29) is 42.7 Å². The number of likely N-dealkylation sites (tertiary alicyclic amines) is 3. The second-order valence-electron chi connectivity index (χ2n) is 20.5. The summed E-state index contributed by atoms with van der Waals surface area (Å²) in [5.74, 6) is -2.00. The van der Waals surface area contributed by atoms with Crippen molar-refractivity contribution in [3.8, 4) is 0 Å². The minimum Gasteiger partial charge on any atom is -0.478 e. The molecule has 422 valence electrons. The first-order valence-corrected chi connectivity index (χ1v) is 26.9. The van der Waals surface area contributed by atoms with Gasteiger partial charge >= 0.3 is 23.9 Å². The second-order valence-corrected chi connectivity index (χ2v) is 22.3. The molecule has 3 aliphatic rings. The molecule has 77 heavy (non-hydrogen) atoms. The minimum atomic E-state index is -0.921. The molecule has 0 unspecified atom stereocenters. The Bertz CT molecular complexity index is 2560. The van der Waals surface area contributed by atoms with Crippen LogP contribution in [0, 0.1) is 0 Å². The Hall–Kier alpha value is -6.31. The summed E-state index contributed by atoms with van der Waals surface area (Å²) < 4.78 is 12.3. The number of rotatable bonds is 8. The Balaban J connectivity index is 0.000000341. The van der Waals surface area contributed by atoms with Gasteiger partial charge in [0, 0.05) is 98.5 Å². The average Bonchev–Trinajstić information content (AvgIpc) is 3.34. The first-order valence-electron chi connectivity index (χ1n) is 25.3. The second kappa shape index (κ2) is 32.4. The van der Waals surface area contributed by atoms with Crippen LogP contribution in [0.1, 0.15) is 150 Å². The van der Waals surface area contributed by atoms with Crippen LogP contribution in [-0.4, -0.2) is 135 Å². The number of hydrogen-bond acceptors (Lipinski definition) is 12. The number of hydrogen-bond donors (Lipinski definition) is 5. The van der Waals surface area contributed by atoms with E-state index in [1.807, 2.05) is 92.6 Å². The number of carbonyl (C=O) groups excluding carboxylic acids is 5. The van der Waals surface area contributed by atoms with Gasteiger partial charge in [0.25, 0.3) is 0 Å². The number of benzene rings is 4. The fraction of sp³-hybridized carbons (Fsp3) is 0.466. The fourth-order valence-electron chi connectivity index (χ4n) is 7.75. The monoisotopic (exact) mass is 1190 g/mol. The summed E-state index contributed by atoms with van der Waals surface area (Å²) in [7, 11) is 0. The predicted molar refractivity (Wildman–Crippen MR) is 309 cm³/mol. The van der Waals surface area contributed by atoms with Crippen LogP contribution >= 0.6 is 31.9 Å². The molecule has 19 heteroatoms. The molecule has 3 saturated heterocycles. The third-order valence-electron chi connectivity index (χ3n) is 11.7. The number of nitrogens with one attached hydrogen (secondary N) is 2. The highest BCUT2D eigenvalue weighted by Crippen LogP contribution is 2.22. The number of nitrogens with two attached hydrogens (primary N) is 1. The lowest BCUT2D eigenvalue weighted by atomic mass is 10.0. The normalized spacial score (nSPS) is 14.8. The number of carbonyl (C=O) groups is 7. The SMILES string of the molecule is C.CC(=O)N1CCC(N)CC1.CC(=O)N1CCC(Nc2cccc(C(=O)O)c2)CC1.CC(=O)N1CCC(Nc2cccc(C(=O)OC(C)(C)C)c2)CC1.CC(C)(C)OC(=O)c1cccc(Br)c1.O=C(O)c1cccc(Br)c1. The van der Waals surface area contributed by atoms with Gasteiger partial charge in [-0.15, -0.1) is 0 Å². The Kier molecular flexibility index (Phi) is 28.1. The van der Waals surface area contributed by atoms with Crippen LogP contribution < -0.4 is 16.4 Å². The molecule has 0 aromatic heterocycles. The van der Waals surface area contributed by atoms with Crippen molar-refractivity contribution in [2.45, 2.75) is 138 Å². The zero-order valence-corrected chi connectivity index (χ0v) is 48.4. The zero-order valence-electron chi connectivity index (χ0n) is 45.2. The molecule has 3 heterocycles. The summed E-state index contributed by atoms with van der Waals surface area (Å²) in [5.41, 5.74) is 8.14. The molecule has 0 saturated carbocycles. The van der Waals surface area contributed by atoms with Crippen molar-refractivity contribution in [1.82, 2.24) is 14.7 Å². The summed E-state index contributed by atoms with van der Waals surface area (Å²) in [6, 6.07) is 28.9. The molecule has 0 atom stereocenters. The molecule has 3 amide bonds. The van der Waals surface area contributed by atoms with Crippen LogP contribution in [0.25, 0.3) is 0 Å². The van der Waals surface area contributed by atoms with E-state index < -0.39 is 23.1 Å². The van der Waals surface area contributed by atoms with Crippen molar-refractivity contribution < 1.29 is 53.2 Å². The number of anilines is 2. The van der Waals surface area contributed by atoms with Crippen LogP contribution in [0.15, 0.2) is 106 Å². The average molecular weight is 1200 g/mol. The van der Waals surface area contributed by atoms with Gasteiger partial charge in [0.15, 0.2) is 0 Å². The standard InChI is InChI=1S/C18H26N2O3.C14H18N2O3.C11H13BrO2.C7H5BrO2.C7H14N2O.CH4/c1-13(21)20-10-8-15(9-11-20)19-16-7-5-6-14(12-16)17(22)23-18(2,3)4;1-10(17)16-7-5-12(6-8-16)15-13-4-2-3-11(9-13)14(18)19;1-11(2,3)14-10(13)8-5-4-6-9(12)7-8;8-6-3-1-2-5(4-6)7(9)10;1-6(10)9-4-2-7(8)3-5-9;/h5-7,12,15,19H,8-11H2,1-4H3;2-4,9,12,15H,5-8H2,1H3,(H,18,19);4-7H,1-3H3;1-4H,(H,9,10);7H,2-5,8H2,1H3;1H4. The minimum absolute atomic E-state index is 0. The summed E-state index contributed by atoms with van der Waals surface area (Å²) in [5, 5.41) is 24.2. The summed E-state index contributed by atoms with van der Waals surface area (Å²) in [6.45, 7) is 20.7. The van der Waals surface area contributed by atoms with E-state index in [4.69, 9.17) is 25.4 Å². The van der Waals surface area contributed by atoms with Crippen molar-refractivity contribution in [2.75, 3.05) is 49.9 Å². The molecule has 0 bridgehead atoms. The molecule has 0 radical (unpaired) electrons. The smallest absolute Gasteiger partial charge is 0.338 e. The fourth-order valence-corrected chi connectivity index (χ4v) is 8.55. The van der Waals surface area contributed by atoms with Crippen LogP contribution in [-0.2, 0) is 23.9 Å². The van der Waals surface area contributed by atoms with Gasteiger partial charge in [0.05, 0.1) is 22.3 Å². The first-order chi connectivity index (χ1) is 35.6. The highest BCUT2D eigenvalue weighted by atomic mass is 79.9. The number of nitrogens with zero attached hydrogens (tertiary/aromatic N) is 3. The van der Waals surface area contributed by atoms with Crippen molar-refractivity contribution in [3.63, 3.8) is 0 Å². The van der Waals surface area contributed by atoms with Crippen LogP contribution in [0.2, 0.25) is 0 Å². The quantitative estimate of drug-likeness (QED) is 0.103. The third kappa shape index (κ3) is 26.5. The number of esters is 2. The number of ether oxygens (including phenoxy) is 2. The van der Waals surface area contributed by atoms with Gasteiger partial charge < -0.3 is 50.8 Å². The van der Waals surface area contributed by atoms with E-state index in [2.05, 4.69) is 42.5 Å². The maximum atomic E-state index is 12.1. The molecule has 3 aliphatic heterocycles. The van der Waals surface area contributed by atoms with E-state index in [1.54, 1.807) is 81.4 Å². The van der Waals surface area contributed by atoms with E-state index in [0.717, 1.165) is 98.1 Å². The summed E-state index contributed by atoms with van der Waals surface area (Å²) >= 11 is 6.47. The molecule has 17 nitrogen and oxygen atoms in total. The Morgan fingerprint density at radius 2 is 0.779 bits per heavy atom. The topological polar surface area (TPSA) is 238 Å². The van der Waals surface area contributed by atoms with Gasteiger partial charge in [0.1, 0.15) is 11.2 Å². The van der Waals surface area contributed by atoms with E-state index >= 15 is 0 Å². The van der Waals surface area contributed by atoms with Crippen molar-refractivity contribution in [3.05, 3.63) is 128 Å². The highest BCUT2D eigenvalue weighted by Gasteiger charge is 2.24. The Morgan fingerprint density at radius 3 is 1.09 bits per heavy atom. The number of carboxylic acid groups (broad SMARTS) is 2. The van der Waals surface area contributed by atoms with Gasteiger partial charge in [-0.3, -0.25) is 14.4 Å². The van der Waals surface area contributed by atoms with Crippen molar-refractivity contribution >= 4 is 84.8 Å². The van der Waals surface area contributed by atoms with Gasteiger partial charge in [-0.2, -0.15) is 0 Å². The molecule has 4 aromatic carbocycles. The maximum absolute atomic E-state index is 12.1. The van der Waals surface area contributed by atoms with E-state index in [0.29, 0.717) is 34.8 Å². The maximum Gasteiger partial charge on any atom is 0.338 e. The van der Waals surface area contributed by atoms with Crippen molar-refractivity contribution in [1.29, 1.82) is 0 Å². The number of halogens is 2. The molecule has 6 N–H and O–H groups in total. The first kappa shape index (κ1) is 66.8. The summed E-state index contributed by atoms with van der Waals surface area (Å²) in [4.78, 5) is 83.8. The van der Waals surface area contributed by atoms with Crippen LogP contribution in [0.4, 0.5) is 11.4 Å². The lowest BCUT2D eigenvalue weighted by molar-refractivity contribution is -0.130. The predicted octanol–water partition coefficient (Wildman–Crippen LogP) is 11.0. The molecule has 7 rings (SSSR count). The third-order valence-corrected chi connectivity index (χ3v) is 12.7. The molecule has 0 spiro atoms.